The molecule has 1 amide bonds. The lowest BCUT2D eigenvalue weighted by molar-refractivity contribution is -0.114. The van der Waals surface area contributed by atoms with E-state index in [9.17, 15) is 13.6 Å². The first-order chi connectivity index (χ1) is 11.0. The Hall–Kier alpha value is -2.63. The van der Waals surface area contributed by atoms with Gasteiger partial charge in [-0.25, -0.2) is 0 Å². The number of halogens is 2. The van der Waals surface area contributed by atoms with Gasteiger partial charge >= 0.3 is 6.61 Å². The first-order valence-electron chi connectivity index (χ1n) is 7.10. The number of anilines is 2. The first kappa shape index (κ1) is 16.7. The zero-order valence-electron chi connectivity index (χ0n) is 12.9. The summed E-state index contributed by atoms with van der Waals surface area (Å²) in [7, 11) is 0. The van der Waals surface area contributed by atoms with E-state index in [4.69, 9.17) is 0 Å². The van der Waals surface area contributed by atoms with E-state index in [1.807, 2.05) is 32.0 Å². The summed E-state index contributed by atoms with van der Waals surface area (Å²) in [5, 5.41) is 5.59. The lowest BCUT2D eigenvalue weighted by atomic mass is 10.1. The van der Waals surface area contributed by atoms with Crippen molar-refractivity contribution in [3.63, 3.8) is 0 Å². The molecule has 0 spiro atoms. The molecular weight excluding hydrogens is 302 g/mol. The smallest absolute Gasteiger partial charge is 0.387 e. The molecule has 2 aromatic rings. The van der Waals surface area contributed by atoms with Crippen molar-refractivity contribution in [3.8, 4) is 5.75 Å². The standard InChI is InChI=1S/C17H18F2N2O2/c1-11-7-8-12(2)14(9-11)20-10-16(22)21-13-5-3-4-6-15(13)23-17(18)19/h3-9,17,20H,10H2,1-2H3,(H,21,22). The molecule has 2 aromatic carbocycles. The summed E-state index contributed by atoms with van der Waals surface area (Å²) < 4.78 is 29.1. The minimum absolute atomic E-state index is 0.0211. The summed E-state index contributed by atoms with van der Waals surface area (Å²) in [6.07, 6.45) is 0. The quantitative estimate of drug-likeness (QED) is 0.847. The van der Waals surface area contributed by atoms with Crippen LogP contribution in [0.3, 0.4) is 0 Å². The van der Waals surface area contributed by atoms with E-state index in [0.29, 0.717) is 0 Å². The van der Waals surface area contributed by atoms with Crippen LogP contribution in [0.15, 0.2) is 42.5 Å². The fourth-order valence-electron chi connectivity index (χ4n) is 2.06. The third-order valence-corrected chi connectivity index (χ3v) is 3.21. The fourth-order valence-corrected chi connectivity index (χ4v) is 2.06. The molecule has 0 radical (unpaired) electrons. The van der Waals surface area contributed by atoms with E-state index in [0.717, 1.165) is 16.8 Å². The fraction of sp³-hybridized carbons (Fsp3) is 0.235. The van der Waals surface area contributed by atoms with Gasteiger partial charge in [0.05, 0.1) is 12.2 Å². The van der Waals surface area contributed by atoms with Crippen LogP contribution < -0.4 is 15.4 Å². The van der Waals surface area contributed by atoms with Gasteiger partial charge in [0.15, 0.2) is 0 Å². The van der Waals surface area contributed by atoms with Gasteiger partial charge < -0.3 is 15.4 Å². The second-order valence-corrected chi connectivity index (χ2v) is 5.09. The van der Waals surface area contributed by atoms with Crippen molar-refractivity contribution in [2.45, 2.75) is 20.5 Å². The van der Waals surface area contributed by atoms with Crippen LogP contribution in [0, 0.1) is 13.8 Å². The van der Waals surface area contributed by atoms with Crippen molar-refractivity contribution in [2.75, 3.05) is 17.2 Å². The highest BCUT2D eigenvalue weighted by molar-refractivity contribution is 5.95. The third-order valence-electron chi connectivity index (χ3n) is 3.21. The average molecular weight is 320 g/mol. The third kappa shape index (κ3) is 4.95. The van der Waals surface area contributed by atoms with Crippen LogP contribution in [0.5, 0.6) is 5.75 Å². The number of hydrogen-bond acceptors (Lipinski definition) is 3. The van der Waals surface area contributed by atoms with Crippen LogP contribution in [0.1, 0.15) is 11.1 Å². The predicted octanol–water partition coefficient (Wildman–Crippen LogP) is 3.96. The summed E-state index contributed by atoms with van der Waals surface area (Å²) in [6, 6.07) is 12.0. The summed E-state index contributed by atoms with van der Waals surface area (Å²) in [6.45, 7) is 0.975. The van der Waals surface area contributed by atoms with E-state index in [2.05, 4.69) is 15.4 Å². The van der Waals surface area contributed by atoms with Crippen molar-refractivity contribution in [2.24, 2.45) is 0 Å². The largest absolute Gasteiger partial charge is 0.433 e. The highest BCUT2D eigenvalue weighted by Gasteiger charge is 2.11. The highest BCUT2D eigenvalue weighted by Crippen LogP contribution is 2.25. The molecule has 2 N–H and O–H groups in total. The van der Waals surface area contributed by atoms with E-state index in [1.54, 1.807) is 12.1 Å². The molecule has 0 saturated carbocycles. The number of benzene rings is 2. The lowest BCUT2D eigenvalue weighted by Crippen LogP contribution is -2.22. The van der Waals surface area contributed by atoms with Gasteiger partial charge in [0.1, 0.15) is 5.75 Å². The topological polar surface area (TPSA) is 50.4 Å². The van der Waals surface area contributed by atoms with Crippen LogP contribution in [0.2, 0.25) is 0 Å². The van der Waals surface area contributed by atoms with Gasteiger partial charge in [0, 0.05) is 5.69 Å². The lowest BCUT2D eigenvalue weighted by Gasteiger charge is -2.13. The molecular formula is C17H18F2N2O2. The molecule has 0 heterocycles. The predicted molar refractivity (Wildman–Crippen MR) is 86.1 cm³/mol. The van der Waals surface area contributed by atoms with Crippen LogP contribution in [0.4, 0.5) is 20.2 Å². The molecule has 0 aliphatic heterocycles. The molecule has 0 bridgehead atoms. The number of carbonyl (C=O) groups is 1. The van der Waals surface area contributed by atoms with Gasteiger partial charge in [-0.3, -0.25) is 4.79 Å². The molecule has 6 heteroatoms. The molecule has 0 aliphatic rings. The Morgan fingerprint density at radius 3 is 2.61 bits per heavy atom. The Labute approximate surface area is 133 Å². The maximum atomic E-state index is 12.3. The van der Waals surface area contributed by atoms with Crippen LogP contribution in [0.25, 0.3) is 0 Å². The van der Waals surface area contributed by atoms with Gasteiger partial charge in [-0.1, -0.05) is 24.3 Å². The van der Waals surface area contributed by atoms with E-state index < -0.39 is 6.61 Å². The number of ether oxygens (including phenoxy) is 1. The second-order valence-electron chi connectivity index (χ2n) is 5.09. The Kier molecular flexibility index (Phi) is 5.51. The van der Waals surface area contributed by atoms with Crippen LogP contribution in [-0.4, -0.2) is 19.1 Å². The van der Waals surface area contributed by atoms with Crippen molar-refractivity contribution < 1.29 is 18.3 Å². The molecule has 0 aromatic heterocycles. The van der Waals surface area contributed by atoms with E-state index >= 15 is 0 Å². The zero-order valence-corrected chi connectivity index (χ0v) is 12.9. The average Bonchev–Trinajstić information content (AvgIpc) is 2.50. The maximum Gasteiger partial charge on any atom is 0.387 e. The molecule has 2 rings (SSSR count). The molecule has 122 valence electrons. The molecule has 0 aliphatic carbocycles. The number of amides is 1. The number of para-hydroxylation sites is 2. The highest BCUT2D eigenvalue weighted by atomic mass is 19.3. The Morgan fingerprint density at radius 2 is 1.87 bits per heavy atom. The minimum atomic E-state index is -2.94. The van der Waals surface area contributed by atoms with Crippen molar-refractivity contribution in [1.29, 1.82) is 0 Å². The minimum Gasteiger partial charge on any atom is -0.433 e. The monoisotopic (exact) mass is 320 g/mol. The number of rotatable bonds is 6. The number of aryl methyl sites for hydroxylation is 2. The van der Waals surface area contributed by atoms with Crippen LogP contribution in [-0.2, 0) is 4.79 Å². The Morgan fingerprint density at radius 1 is 1.13 bits per heavy atom. The zero-order chi connectivity index (χ0) is 16.8. The van der Waals surface area contributed by atoms with E-state index in [1.165, 1.54) is 12.1 Å². The van der Waals surface area contributed by atoms with Crippen LogP contribution >= 0.6 is 0 Å². The number of hydrogen-bond donors (Lipinski definition) is 2. The summed E-state index contributed by atoms with van der Waals surface area (Å²) in [4.78, 5) is 12.0. The molecule has 0 atom stereocenters. The van der Waals surface area contributed by atoms with Gasteiger partial charge in [0.25, 0.3) is 0 Å². The first-order valence-corrected chi connectivity index (χ1v) is 7.10. The summed E-state index contributed by atoms with van der Waals surface area (Å²) in [5.41, 5.74) is 3.16. The van der Waals surface area contributed by atoms with Crippen molar-refractivity contribution >= 4 is 17.3 Å². The van der Waals surface area contributed by atoms with Gasteiger partial charge in [-0.05, 0) is 43.2 Å². The summed E-state index contributed by atoms with van der Waals surface area (Å²) in [5.74, 6) is -0.418. The van der Waals surface area contributed by atoms with Crippen molar-refractivity contribution in [3.05, 3.63) is 53.6 Å². The normalized spacial score (nSPS) is 10.5. The second kappa shape index (κ2) is 7.58. The molecule has 4 nitrogen and oxygen atoms in total. The van der Waals surface area contributed by atoms with Gasteiger partial charge in [-0.2, -0.15) is 8.78 Å². The molecule has 0 unspecified atom stereocenters. The number of carbonyl (C=O) groups excluding carboxylic acids is 1. The molecule has 0 fully saturated rings. The van der Waals surface area contributed by atoms with Gasteiger partial charge in [0.2, 0.25) is 5.91 Å². The SMILES string of the molecule is Cc1ccc(C)c(NCC(=O)Nc2ccccc2OC(F)F)c1. The molecule has 23 heavy (non-hydrogen) atoms. The Balaban J connectivity index is 1.99. The number of nitrogens with one attached hydrogen (secondary N) is 2. The summed E-state index contributed by atoms with van der Waals surface area (Å²) >= 11 is 0. The Bertz CT molecular complexity index is 690. The maximum absolute atomic E-state index is 12.3. The van der Waals surface area contributed by atoms with Gasteiger partial charge in [-0.15, -0.1) is 0 Å². The van der Waals surface area contributed by atoms with Crippen molar-refractivity contribution in [1.82, 2.24) is 0 Å². The van der Waals surface area contributed by atoms with E-state index in [-0.39, 0.29) is 23.9 Å². The number of alkyl halides is 2. The molecule has 0 saturated heterocycles.